The summed E-state index contributed by atoms with van der Waals surface area (Å²) in [5.74, 6) is 1.38. The molecule has 0 aromatic rings. The first-order valence-corrected chi connectivity index (χ1v) is 4.70. The first-order chi connectivity index (χ1) is 5.20. The Morgan fingerprint density at radius 2 is 2.09 bits per heavy atom. The SMILES string of the molecule is CC(=O)CC12CCC(CC1)C2. The van der Waals surface area contributed by atoms with E-state index >= 15 is 0 Å². The van der Waals surface area contributed by atoms with Gasteiger partial charge < -0.3 is 4.79 Å². The zero-order chi connectivity index (χ0) is 7.90. The lowest BCUT2D eigenvalue weighted by Gasteiger charge is -2.24. The maximum atomic E-state index is 11.0. The van der Waals surface area contributed by atoms with E-state index in [1.54, 1.807) is 6.92 Å². The number of ketones is 1. The number of hydrogen-bond acceptors (Lipinski definition) is 1. The minimum atomic E-state index is 0.396. The Morgan fingerprint density at radius 3 is 2.45 bits per heavy atom. The van der Waals surface area contributed by atoms with Crippen LogP contribution in [0.1, 0.15) is 45.4 Å². The highest BCUT2D eigenvalue weighted by atomic mass is 16.1. The van der Waals surface area contributed by atoms with Crippen LogP contribution in [-0.2, 0) is 4.79 Å². The summed E-state index contributed by atoms with van der Waals surface area (Å²) in [5.41, 5.74) is 0.483. The Hall–Kier alpha value is -0.330. The Balaban J connectivity index is 2.05. The quantitative estimate of drug-likeness (QED) is 0.594. The predicted octanol–water partition coefficient (Wildman–Crippen LogP) is 2.55. The van der Waals surface area contributed by atoms with Gasteiger partial charge in [0.15, 0.2) is 0 Å². The zero-order valence-corrected chi connectivity index (χ0v) is 7.23. The molecule has 2 bridgehead atoms. The molecule has 2 rings (SSSR count). The molecule has 0 amide bonds. The van der Waals surface area contributed by atoms with Crippen molar-refractivity contribution in [2.24, 2.45) is 11.3 Å². The first kappa shape index (κ1) is 7.33. The normalized spacial score (nSPS) is 41.4. The summed E-state index contributed by atoms with van der Waals surface area (Å²) in [6.07, 6.45) is 7.67. The van der Waals surface area contributed by atoms with Crippen molar-refractivity contribution in [1.82, 2.24) is 0 Å². The van der Waals surface area contributed by atoms with Crippen LogP contribution in [0.2, 0.25) is 0 Å². The van der Waals surface area contributed by atoms with Crippen molar-refractivity contribution in [3.8, 4) is 0 Å². The Labute approximate surface area is 68.2 Å². The minimum Gasteiger partial charge on any atom is -0.300 e. The van der Waals surface area contributed by atoms with E-state index in [9.17, 15) is 4.79 Å². The molecule has 2 aliphatic carbocycles. The van der Waals surface area contributed by atoms with Gasteiger partial charge in [-0.3, -0.25) is 0 Å². The third kappa shape index (κ3) is 1.21. The van der Waals surface area contributed by atoms with Crippen molar-refractivity contribution >= 4 is 5.78 Å². The Kier molecular flexibility index (Phi) is 1.55. The van der Waals surface area contributed by atoms with Gasteiger partial charge in [-0.2, -0.15) is 0 Å². The van der Waals surface area contributed by atoms with Gasteiger partial charge in [-0.25, -0.2) is 0 Å². The summed E-state index contributed by atoms with van der Waals surface area (Å²) in [6.45, 7) is 1.74. The number of Topliss-reactive ketones (excluding diaryl/α,β-unsaturated/α-hetero) is 1. The summed E-state index contributed by atoms with van der Waals surface area (Å²) in [7, 11) is 0. The maximum Gasteiger partial charge on any atom is 0.130 e. The number of fused-ring (bicyclic) bond motifs is 2. The molecule has 0 atom stereocenters. The molecule has 0 spiro atoms. The van der Waals surface area contributed by atoms with Gasteiger partial charge in [-0.15, -0.1) is 0 Å². The van der Waals surface area contributed by atoms with E-state index < -0.39 is 0 Å². The summed E-state index contributed by atoms with van der Waals surface area (Å²) in [6, 6.07) is 0. The summed E-state index contributed by atoms with van der Waals surface area (Å²) in [5, 5.41) is 0. The maximum absolute atomic E-state index is 11.0. The highest BCUT2D eigenvalue weighted by molar-refractivity contribution is 5.76. The number of rotatable bonds is 2. The van der Waals surface area contributed by atoms with Gasteiger partial charge in [0.1, 0.15) is 5.78 Å². The molecule has 2 aliphatic rings. The second kappa shape index (κ2) is 2.33. The van der Waals surface area contributed by atoms with E-state index in [1.807, 2.05) is 0 Å². The molecule has 0 unspecified atom stereocenters. The van der Waals surface area contributed by atoms with E-state index in [1.165, 1.54) is 32.1 Å². The number of hydrogen-bond donors (Lipinski definition) is 0. The minimum absolute atomic E-state index is 0.396. The third-order valence-corrected chi connectivity index (χ3v) is 3.51. The average Bonchev–Trinajstić information content (AvgIpc) is 2.43. The molecule has 2 fully saturated rings. The van der Waals surface area contributed by atoms with Gasteiger partial charge in [-0.05, 0) is 50.4 Å². The van der Waals surface area contributed by atoms with Crippen LogP contribution in [0.3, 0.4) is 0 Å². The van der Waals surface area contributed by atoms with Crippen molar-refractivity contribution in [1.29, 1.82) is 0 Å². The summed E-state index contributed by atoms with van der Waals surface area (Å²) in [4.78, 5) is 11.0. The summed E-state index contributed by atoms with van der Waals surface area (Å²) >= 11 is 0. The van der Waals surface area contributed by atoms with E-state index in [2.05, 4.69) is 0 Å². The second-order valence-electron chi connectivity index (χ2n) is 4.53. The zero-order valence-electron chi connectivity index (χ0n) is 7.23. The van der Waals surface area contributed by atoms with Crippen molar-refractivity contribution in [3.05, 3.63) is 0 Å². The van der Waals surface area contributed by atoms with Crippen LogP contribution in [0.25, 0.3) is 0 Å². The van der Waals surface area contributed by atoms with Crippen LogP contribution in [0, 0.1) is 11.3 Å². The lowest BCUT2D eigenvalue weighted by Crippen LogP contribution is -2.17. The van der Waals surface area contributed by atoms with Crippen molar-refractivity contribution in [2.45, 2.75) is 45.4 Å². The molecular weight excluding hydrogens is 136 g/mol. The molecule has 0 aromatic carbocycles. The van der Waals surface area contributed by atoms with Crippen LogP contribution < -0.4 is 0 Å². The van der Waals surface area contributed by atoms with Crippen molar-refractivity contribution in [3.63, 3.8) is 0 Å². The standard InChI is InChI=1S/C10H16O/c1-8(11)6-10-4-2-9(7-10)3-5-10/h9H,2-7H2,1H3. The molecule has 62 valence electrons. The molecule has 0 aliphatic heterocycles. The van der Waals surface area contributed by atoms with Crippen LogP contribution >= 0.6 is 0 Å². The monoisotopic (exact) mass is 152 g/mol. The molecule has 0 aromatic heterocycles. The first-order valence-electron chi connectivity index (χ1n) is 4.70. The van der Waals surface area contributed by atoms with Gasteiger partial charge in [0.2, 0.25) is 0 Å². The highest BCUT2D eigenvalue weighted by Gasteiger charge is 2.44. The lowest BCUT2D eigenvalue weighted by molar-refractivity contribution is -0.119. The van der Waals surface area contributed by atoms with Gasteiger partial charge in [-0.1, -0.05) is 0 Å². The van der Waals surface area contributed by atoms with E-state index in [4.69, 9.17) is 0 Å². The van der Waals surface area contributed by atoms with Crippen molar-refractivity contribution in [2.75, 3.05) is 0 Å². The fraction of sp³-hybridized carbons (Fsp3) is 0.900. The molecule has 0 saturated heterocycles. The Morgan fingerprint density at radius 1 is 1.45 bits per heavy atom. The van der Waals surface area contributed by atoms with Crippen LogP contribution in [0.4, 0.5) is 0 Å². The molecule has 0 heterocycles. The number of carbonyl (C=O) groups is 1. The van der Waals surface area contributed by atoms with Gasteiger partial charge in [0.25, 0.3) is 0 Å². The average molecular weight is 152 g/mol. The van der Waals surface area contributed by atoms with Crippen LogP contribution in [0.15, 0.2) is 0 Å². The molecule has 1 nitrogen and oxygen atoms in total. The fourth-order valence-electron chi connectivity index (χ4n) is 3.09. The summed E-state index contributed by atoms with van der Waals surface area (Å²) < 4.78 is 0. The molecule has 0 radical (unpaired) electrons. The van der Waals surface area contributed by atoms with E-state index in [0.29, 0.717) is 11.2 Å². The van der Waals surface area contributed by atoms with Gasteiger partial charge in [0.05, 0.1) is 0 Å². The largest absolute Gasteiger partial charge is 0.300 e. The second-order valence-corrected chi connectivity index (χ2v) is 4.53. The molecule has 11 heavy (non-hydrogen) atoms. The smallest absolute Gasteiger partial charge is 0.130 e. The Bertz CT molecular complexity index is 175. The van der Waals surface area contributed by atoms with Crippen LogP contribution in [0.5, 0.6) is 0 Å². The van der Waals surface area contributed by atoms with E-state index in [0.717, 1.165) is 12.3 Å². The van der Waals surface area contributed by atoms with Gasteiger partial charge >= 0.3 is 0 Å². The molecule has 1 heteroatoms. The lowest BCUT2D eigenvalue weighted by atomic mass is 9.80. The molecular formula is C10H16O. The molecule has 0 N–H and O–H groups in total. The van der Waals surface area contributed by atoms with Crippen molar-refractivity contribution < 1.29 is 4.79 Å². The predicted molar refractivity (Wildman–Crippen MR) is 44.3 cm³/mol. The van der Waals surface area contributed by atoms with Crippen LogP contribution in [-0.4, -0.2) is 5.78 Å². The fourth-order valence-corrected chi connectivity index (χ4v) is 3.09. The topological polar surface area (TPSA) is 17.1 Å². The van der Waals surface area contributed by atoms with Gasteiger partial charge in [0, 0.05) is 6.42 Å². The number of carbonyl (C=O) groups excluding carboxylic acids is 1. The molecule has 2 saturated carbocycles. The highest BCUT2D eigenvalue weighted by Crippen LogP contribution is 2.55. The van der Waals surface area contributed by atoms with E-state index in [-0.39, 0.29) is 0 Å². The third-order valence-electron chi connectivity index (χ3n) is 3.51.